The molecule has 0 unspecified atom stereocenters. The van der Waals surface area contributed by atoms with Gasteiger partial charge in [-0.1, -0.05) is 18.2 Å². The SMILES string of the molecule is CN(CCCNC(=O)CN(CC(=O)O)c1ccccc1)S(C)(=O)=O. The number of nitrogens with zero attached hydrogens (tertiary/aromatic N) is 2. The standard InChI is InChI=1S/C15H23N3O5S/c1-17(24(2,22)23)10-6-9-16-14(19)11-18(12-15(20)21)13-7-4-3-5-8-13/h3-5,7-8H,6,9-12H2,1-2H3,(H,16,19)(H,20,21). The van der Waals surface area contributed by atoms with Gasteiger partial charge < -0.3 is 15.3 Å². The number of hydrogen-bond donors (Lipinski definition) is 2. The normalized spacial score (nSPS) is 11.3. The highest BCUT2D eigenvalue weighted by Gasteiger charge is 2.15. The minimum atomic E-state index is -3.22. The van der Waals surface area contributed by atoms with E-state index in [1.54, 1.807) is 30.3 Å². The summed E-state index contributed by atoms with van der Waals surface area (Å²) < 4.78 is 23.7. The van der Waals surface area contributed by atoms with Crippen molar-refractivity contribution in [1.82, 2.24) is 9.62 Å². The fraction of sp³-hybridized carbons (Fsp3) is 0.467. The molecular formula is C15H23N3O5S. The molecule has 0 aliphatic carbocycles. The number of aliphatic carboxylic acids is 1. The lowest BCUT2D eigenvalue weighted by atomic mass is 10.3. The molecule has 9 heteroatoms. The molecule has 0 aliphatic heterocycles. The summed E-state index contributed by atoms with van der Waals surface area (Å²) in [5, 5.41) is 11.6. The van der Waals surface area contributed by atoms with Gasteiger partial charge in [0, 0.05) is 25.8 Å². The van der Waals surface area contributed by atoms with Crippen molar-refractivity contribution < 1.29 is 23.1 Å². The minimum absolute atomic E-state index is 0.0851. The maximum atomic E-state index is 12.0. The van der Waals surface area contributed by atoms with E-state index in [0.29, 0.717) is 25.2 Å². The summed E-state index contributed by atoms with van der Waals surface area (Å²) in [6, 6.07) is 8.81. The molecule has 0 bridgehead atoms. The molecule has 0 fully saturated rings. The molecule has 0 atom stereocenters. The molecule has 0 saturated heterocycles. The molecule has 134 valence electrons. The first-order valence-electron chi connectivity index (χ1n) is 7.40. The van der Waals surface area contributed by atoms with E-state index < -0.39 is 16.0 Å². The Kier molecular flexibility index (Phi) is 7.66. The summed E-state index contributed by atoms with van der Waals surface area (Å²) in [6.45, 7) is 0.248. The monoisotopic (exact) mass is 357 g/mol. The third-order valence-corrected chi connectivity index (χ3v) is 4.63. The lowest BCUT2D eigenvalue weighted by molar-refractivity contribution is -0.135. The van der Waals surface area contributed by atoms with E-state index in [0.717, 1.165) is 6.26 Å². The van der Waals surface area contributed by atoms with Crippen molar-refractivity contribution in [3.8, 4) is 0 Å². The van der Waals surface area contributed by atoms with Gasteiger partial charge in [0.25, 0.3) is 0 Å². The molecule has 0 heterocycles. The van der Waals surface area contributed by atoms with E-state index in [9.17, 15) is 18.0 Å². The molecule has 0 radical (unpaired) electrons. The van der Waals surface area contributed by atoms with Gasteiger partial charge in [-0.3, -0.25) is 9.59 Å². The molecule has 0 aliphatic rings. The van der Waals surface area contributed by atoms with Crippen LogP contribution in [-0.2, 0) is 19.6 Å². The van der Waals surface area contributed by atoms with Crippen LogP contribution in [0.5, 0.6) is 0 Å². The molecule has 0 aromatic heterocycles. The molecule has 8 nitrogen and oxygen atoms in total. The van der Waals surface area contributed by atoms with Crippen LogP contribution in [0.4, 0.5) is 5.69 Å². The highest BCUT2D eigenvalue weighted by Crippen LogP contribution is 2.12. The predicted octanol–water partition coefficient (Wildman–Crippen LogP) is -0.0247. The van der Waals surface area contributed by atoms with Gasteiger partial charge in [0.1, 0.15) is 6.54 Å². The number of anilines is 1. The Morgan fingerprint density at radius 1 is 1.17 bits per heavy atom. The number of amides is 1. The van der Waals surface area contributed by atoms with E-state index in [4.69, 9.17) is 5.11 Å². The first-order chi connectivity index (χ1) is 11.2. The number of carbonyl (C=O) groups excluding carboxylic acids is 1. The molecule has 1 aromatic carbocycles. The van der Waals surface area contributed by atoms with E-state index in [-0.39, 0.29) is 19.0 Å². The Morgan fingerprint density at radius 3 is 2.33 bits per heavy atom. The Morgan fingerprint density at radius 2 is 1.79 bits per heavy atom. The molecule has 24 heavy (non-hydrogen) atoms. The van der Waals surface area contributed by atoms with Crippen molar-refractivity contribution in [3.63, 3.8) is 0 Å². The zero-order valence-electron chi connectivity index (χ0n) is 13.8. The summed E-state index contributed by atoms with van der Waals surface area (Å²) in [4.78, 5) is 24.4. The van der Waals surface area contributed by atoms with E-state index >= 15 is 0 Å². The smallest absolute Gasteiger partial charge is 0.323 e. The van der Waals surface area contributed by atoms with E-state index in [1.165, 1.54) is 16.3 Å². The van der Waals surface area contributed by atoms with Crippen LogP contribution in [0.3, 0.4) is 0 Å². The average Bonchev–Trinajstić information content (AvgIpc) is 2.50. The van der Waals surface area contributed by atoms with Crippen molar-refractivity contribution in [3.05, 3.63) is 30.3 Å². The Bertz CT molecular complexity index is 648. The number of sulfonamides is 1. The van der Waals surface area contributed by atoms with E-state index in [1.807, 2.05) is 0 Å². The number of rotatable bonds is 10. The second-order valence-electron chi connectivity index (χ2n) is 5.37. The molecule has 1 rings (SSSR count). The van der Waals surface area contributed by atoms with Crippen LogP contribution in [0.1, 0.15) is 6.42 Å². The lowest BCUT2D eigenvalue weighted by Gasteiger charge is -2.22. The van der Waals surface area contributed by atoms with Crippen molar-refractivity contribution in [2.45, 2.75) is 6.42 Å². The Labute approximate surface area is 142 Å². The molecule has 0 saturated carbocycles. The number of carbonyl (C=O) groups is 2. The van der Waals surface area contributed by atoms with Crippen LogP contribution in [-0.4, -0.2) is 69.2 Å². The maximum absolute atomic E-state index is 12.0. The Balaban J connectivity index is 2.47. The van der Waals surface area contributed by atoms with Crippen LogP contribution in [0.25, 0.3) is 0 Å². The van der Waals surface area contributed by atoms with Crippen molar-refractivity contribution in [1.29, 1.82) is 0 Å². The largest absolute Gasteiger partial charge is 0.480 e. The Hall–Kier alpha value is -2.13. The van der Waals surface area contributed by atoms with Gasteiger partial charge >= 0.3 is 5.97 Å². The summed E-state index contributed by atoms with van der Waals surface area (Å²) >= 11 is 0. The third-order valence-electron chi connectivity index (χ3n) is 3.32. The third kappa shape index (κ3) is 7.42. The van der Waals surface area contributed by atoms with Crippen molar-refractivity contribution >= 4 is 27.6 Å². The first kappa shape index (κ1) is 19.9. The first-order valence-corrected chi connectivity index (χ1v) is 9.25. The number of benzene rings is 1. The van der Waals surface area contributed by atoms with Gasteiger partial charge in [-0.15, -0.1) is 0 Å². The van der Waals surface area contributed by atoms with Crippen molar-refractivity contribution in [2.75, 3.05) is 44.4 Å². The fourth-order valence-electron chi connectivity index (χ4n) is 1.97. The van der Waals surface area contributed by atoms with Crippen LogP contribution >= 0.6 is 0 Å². The molecular weight excluding hydrogens is 334 g/mol. The molecule has 1 aromatic rings. The van der Waals surface area contributed by atoms with Crippen LogP contribution in [0.15, 0.2) is 30.3 Å². The van der Waals surface area contributed by atoms with E-state index in [2.05, 4.69) is 5.32 Å². The number of carboxylic acids is 1. The second-order valence-corrected chi connectivity index (χ2v) is 7.46. The second kappa shape index (κ2) is 9.24. The summed E-state index contributed by atoms with van der Waals surface area (Å²) in [5.74, 6) is -1.34. The quantitative estimate of drug-likeness (QED) is 0.570. The predicted molar refractivity (Wildman–Crippen MR) is 91.4 cm³/mol. The minimum Gasteiger partial charge on any atom is -0.480 e. The van der Waals surface area contributed by atoms with Gasteiger partial charge in [0.2, 0.25) is 15.9 Å². The summed E-state index contributed by atoms with van der Waals surface area (Å²) in [5.41, 5.74) is 0.645. The maximum Gasteiger partial charge on any atom is 0.323 e. The topological polar surface area (TPSA) is 107 Å². The van der Waals surface area contributed by atoms with Gasteiger partial charge in [-0.25, -0.2) is 12.7 Å². The van der Waals surface area contributed by atoms with Crippen LogP contribution in [0.2, 0.25) is 0 Å². The number of nitrogens with one attached hydrogen (secondary N) is 1. The van der Waals surface area contributed by atoms with Crippen LogP contribution < -0.4 is 10.2 Å². The molecule has 1 amide bonds. The number of carboxylic acid groups (broad SMARTS) is 1. The van der Waals surface area contributed by atoms with Gasteiger partial charge in [-0.05, 0) is 18.6 Å². The summed E-state index contributed by atoms with van der Waals surface area (Å²) in [6.07, 6.45) is 1.59. The van der Waals surface area contributed by atoms with Crippen LogP contribution in [0, 0.1) is 0 Å². The number of para-hydroxylation sites is 1. The lowest BCUT2D eigenvalue weighted by Crippen LogP contribution is -2.40. The molecule has 2 N–H and O–H groups in total. The van der Waals surface area contributed by atoms with Crippen molar-refractivity contribution in [2.24, 2.45) is 0 Å². The highest BCUT2D eigenvalue weighted by atomic mass is 32.2. The fourth-order valence-corrected chi connectivity index (χ4v) is 2.43. The van der Waals surface area contributed by atoms with Gasteiger partial charge in [0.05, 0.1) is 12.8 Å². The van der Waals surface area contributed by atoms with Gasteiger partial charge in [0.15, 0.2) is 0 Å². The average molecular weight is 357 g/mol. The highest BCUT2D eigenvalue weighted by molar-refractivity contribution is 7.88. The number of hydrogen-bond acceptors (Lipinski definition) is 5. The summed E-state index contributed by atoms with van der Waals surface area (Å²) in [7, 11) is -1.75. The molecule has 0 spiro atoms. The zero-order chi connectivity index (χ0) is 18.2. The zero-order valence-corrected chi connectivity index (χ0v) is 14.6. The van der Waals surface area contributed by atoms with Gasteiger partial charge in [-0.2, -0.15) is 0 Å².